The number of ketones is 1. The van der Waals surface area contributed by atoms with E-state index in [0.29, 0.717) is 5.56 Å². The number of Topliss-reactive ketones (excluding diaryl/α,β-unsaturated/α-hetero) is 1. The van der Waals surface area contributed by atoms with Crippen LogP contribution in [0.25, 0.3) is 6.08 Å². The average molecular weight is 419 g/mol. The van der Waals surface area contributed by atoms with E-state index in [0.717, 1.165) is 11.3 Å². The summed E-state index contributed by atoms with van der Waals surface area (Å²) in [7, 11) is 0. The van der Waals surface area contributed by atoms with Gasteiger partial charge in [-0.2, -0.15) is 10.5 Å². The number of carbonyl (C=O) groups is 1. The molecule has 3 aromatic rings. The standard InChI is InChI=1S/C27H18FN3O/c28-21-12-6-5-11-20(21)24-25(26(32)19-9-2-1-3-10-19)31-22-13-7-4-8-18(22)14-15-23(31)27(24,16-29)17-30/h1-15,23-25H/t23-,24+,25-/m1/s1. The number of halogens is 1. The fourth-order valence-corrected chi connectivity index (χ4v) is 5.08. The maximum atomic E-state index is 15.1. The van der Waals surface area contributed by atoms with Crippen LogP contribution in [0.1, 0.15) is 27.4 Å². The zero-order valence-electron chi connectivity index (χ0n) is 17.0. The molecule has 5 rings (SSSR count). The summed E-state index contributed by atoms with van der Waals surface area (Å²) in [5.74, 6) is -1.76. The van der Waals surface area contributed by atoms with Gasteiger partial charge in [0.1, 0.15) is 11.9 Å². The van der Waals surface area contributed by atoms with Crippen LogP contribution in [0.15, 0.2) is 84.9 Å². The van der Waals surface area contributed by atoms with Crippen molar-refractivity contribution in [3.63, 3.8) is 0 Å². The molecule has 1 fully saturated rings. The number of para-hydroxylation sites is 1. The van der Waals surface area contributed by atoms with Crippen molar-refractivity contribution < 1.29 is 9.18 Å². The molecular formula is C27H18FN3O. The fraction of sp³-hybridized carbons (Fsp3) is 0.148. The second-order valence-corrected chi connectivity index (χ2v) is 8.04. The predicted octanol–water partition coefficient (Wildman–Crippen LogP) is 5.11. The zero-order chi connectivity index (χ0) is 22.3. The van der Waals surface area contributed by atoms with Gasteiger partial charge in [0.2, 0.25) is 0 Å². The van der Waals surface area contributed by atoms with E-state index < -0.39 is 29.2 Å². The number of nitrogens with zero attached hydrogens (tertiary/aromatic N) is 3. The van der Waals surface area contributed by atoms with Crippen LogP contribution in [0.5, 0.6) is 0 Å². The Morgan fingerprint density at radius 2 is 1.56 bits per heavy atom. The molecular weight excluding hydrogens is 401 g/mol. The Labute approximate surface area is 185 Å². The summed E-state index contributed by atoms with van der Waals surface area (Å²) in [6.45, 7) is 0. The molecule has 2 heterocycles. The van der Waals surface area contributed by atoms with E-state index in [2.05, 4.69) is 12.1 Å². The van der Waals surface area contributed by atoms with Crippen LogP contribution in [-0.4, -0.2) is 17.9 Å². The van der Waals surface area contributed by atoms with E-state index >= 15 is 4.39 Å². The Balaban J connectivity index is 1.81. The third-order valence-corrected chi connectivity index (χ3v) is 6.48. The maximum Gasteiger partial charge on any atom is 0.185 e. The van der Waals surface area contributed by atoms with Crippen LogP contribution >= 0.6 is 0 Å². The molecule has 0 N–H and O–H groups in total. The number of rotatable bonds is 3. The molecule has 0 spiro atoms. The SMILES string of the molecule is N#CC1(C#N)[C@@H](c2ccccc2F)[C@H](C(=O)c2ccccc2)N2c3ccccc3C=C[C@@H]21. The molecule has 1 saturated heterocycles. The van der Waals surface area contributed by atoms with Crippen molar-refractivity contribution in [1.29, 1.82) is 10.5 Å². The second-order valence-electron chi connectivity index (χ2n) is 8.04. The highest BCUT2D eigenvalue weighted by Crippen LogP contribution is 2.55. The average Bonchev–Trinajstić information content (AvgIpc) is 3.15. The molecule has 32 heavy (non-hydrogen) atoms. The van der Waals surface area contributed by atoms with Crippen LogP contribution in [0.3, 0.4) is 0 Å². The summed E-state index contributed by atoms with van der Waals surface area (Å²) in [5.41, 5.74) is 0.638. The minimum absolute atomic E-state index is 0.199. The molecule has 3 atom stereocenters. The minimum Gasteiger partial charge on any atom is -0.351 e. The van der Waals surface area contributed by atoms with E-state index in [1.165, 1.54) is 6.07 Å². The second kappa shape index (κ2) is 7.48. The first-order valence-electron chi connectivity index (χ1n) is 10.3. The molecule has 0 amide bonds. The number of benzene rings is 3. The van der Waals surface area contributed by atoms with Gasteiger partial charge in [-0.15, -0.1) is 0 Å². The summed E-state index contributed by atoms with van der Waals surface area (Å²) in [6, 6.07) is 25.2. The van der Waals surface area contributed by atoms with Gasteiger partial charge in [0, 0.05) is 17.2 Å². The first-order chi connectivity index (χ1) is 15.6. The summed E-state index contributed by atoms with van der Waals surface area (Å²) in [5, 5.41) is 20.7. The van der Waals surface area contributed by atoms with E-state index in [1.54, 1.807) is 48.5 Å². The Morgan fingerprint density at radius 3 is 2.28 bits per heavy atom. The highest BCUT2D eigenvalue weighted by Gasteiger charge is 2.63. The Hall–Kier alpha value is -4.22. The quantitative estimate of drug-likeness (QED) is 0.553. The molecule has 0 saturated carbocycles. The lowest BCUT2D eigenvalue weighted by molar-refractivity contribution is 0.0950. The number of hydrogen-bond donors (Lipinski definition) is 0. The van der Waals surface area contributed by atoms with Gasteiger partial charge in [-0.1, -0.05) is 78.9 Å². The Bertz CT molecular complexity index is 1300. The van der Waals surface area contributed by atoms with Crippen molar-refractivity contribution in [3.05, 3.63) is 107 Å². The largest absolute Gasteiger partial charge is 0.351 e. The normalized spacial score (nSPS) is 22.3. The first kappa shape index (κ1) is 19.7. The van der Waals surface area contributed by atoms with Crippen LogP contribution in [0.2, 0.25) is 0 Å². The van der Waals surface area contributed by atoms with E-state index in [9.17, 15) is 15.3 Å². The molecule has 0 bridgehead atoms. The maximum absolute atomic E-state index is 15.1. The fourth-order valence-electron chi connectivity index (χ4n) is 5.08. The smallest absolute Gasteiger partial charge is 0.185 e. The van der Waals surface area contributed by atoms with Crippen molar-refractivity contribution in [2.45, 2.75) is 18.0 Å². The molecule has 0 aliphatic carbocycles. The van der Waals surface area contributed by atoms with Crippen LogP contribution < -0.4 is 4.90 Å². The summed E-state index contributed by atoms with van der Waals surface area (Å²) in [6.07, 6.45) is 3.66. The van der Waals surface area contributed by atoms with Gasteiger partial charge in [-0.25, -0.2) is 4.39 Å². The highest BCUT2D eigenvalue weighted by atomic mass is 19.1. The summed E-state index contributed by atoms with van der Waals surface area (Å²) >= 11 is 0. The topological polar surface area (TPSA) is 67.9 Å². The lowest BCUT2D eigenvalue weighted by Crippen LogP contribution is -2.44. The van der Waals surface area contributed by atoms with Crippen molar-refractivity contribution in [2.24, 2.45) is 5.41 Å². The van der Waals surface area contributed by atoms with Gasteiger partial charge in [0.05, 0.1) is 18.2 Å². The number of nitriles is 2. The third-order valence-electron chi connectivity index (χ3n) is 6.48. The van der Waals surface area contributed by atoms with Gasteiger partial charge in [0.15, 0.2) is 11.2 Å². The minimum atomic E-state index is -1.65. The summed E-state index contributed by atoms with van der Waals surface area (Å²) < 4.78 is 15.1. The third kappa shape index (κ3) is 2.69. The van der Waals surface area contributed by atoms with Crippen LogP contribution in [-0.2, 0) is 0 Å². The molecule has 2 aliphatic rings. The first-order valence-corrected chi connectivity index (χ1v) is 10.3. The Kier molecular flexibility index (Phi) is 4.61. The molecule has 5 heteroatoms. The highest BCUT2D eigenvalue weighted by molar-refractivity contribution is 6.04. The molecule has 4 nitrogen and oxygen atoms in total. The molecule has 154 valence electrons. The van der Waals surface area contributed by atoms with Gasteiger partial charge in [0.25, 0.3) is 0 Å². The van der Waals surface area contributed by atoms with E-state index in [-0.39, 0.29) is 11.3 Å². The lowest BCUT2D eigenvalue weighted by atomic mass is 9.69. The molecule has 0 radical (unpaired) electrons. The monoisotopic (exact) mass is 419 g/mol. The van der Waals surface area contributed by atoms with E-state index in [4.69, 9.17) is 0 Å². The number of hydrogen-bond acceptors (Lipinski definition) is 4. The van der Waals surface area contributed by atoms with Crippen LogP contribution in [0.4, 0.5) is 10.1 Å². The van der Waals surface area contributed by atoms with Gasteiger partial charge < -0.3 is 4.90 Å². The Morgan fingerprint density at radius 1 is 0.906 bits per heavy atom. The van der Waals surface area contributed by atoms with Crippen molar-refractivity contribution >= 4 is 17.5 Å². The van der Waals surface area contributed by atoms with Crippen molar-refractivity contribution in [1.82, 2.24) is 0 Å². The lowest BCUT2D eigenvalue weighted by Gasteiger charge is -2.35. The molecule has 2 aliphatic heterocycles. The molecule has 0 aromatic heterocycles. The predicted molar refractivity (Wildman–Crippen MR) is 119 cm³/mol. The molecule has 3 aromatic carbocycles. The zero-order valence-corrected chi connectivity index (χ0v) is 17.0. The number of anilines is 1. The van der Waals surface area contributed by atoms with Gasteiger partial charge >= 0.3 is 0 Å². The van der Waals surface area contributed by atoms with E-state index in [1.807, 2.05) is 41.3 Å². The van der Waals surface area contributed by atoms with Crippen LogP contribution in [0, 0.1) is 33.9 Å². The number of fused-ring (bicyclic) bond motifs is 3. The molecule has 0 unspecified atom stereocenters. The van der Waals surface area contributed by atoms with Crippen molar-refractivity contribution in [2.75, 3.05) is 4.90 Å². The van der Waals surface area contributed by atoms with Crippen molar-refractivity contribution in [3.8, 4) is 12.1 Å². The number of carbonyl (C=O) groups excluding carboxylic acids is 1. The van der Waals surface area contributed by atoms with Gasteiger partial charge in [-0.05, 0) is 23.3 Å². The van der Waals surface area contributed by atoms with Gasteiger partial charge in [-0.3, -0.25) is 4.79 Å². The summed E-state index contributed by atoms with van der Waals surface area (Å²) in [4.78, 5) is 15.8.